The number of allylic oxidation sites excluding steroid dienone is 1. The second-order valence-electron chi connectivity index (χ2n) is 6.99. The van der Waals surface area contributed by atoms with E-state index in [0.717, 1.165) is 26.3 Å². The third-order valence-corrected chi connectivity index (χ3v) is 6.84. The number of rotatable bonds is 8. The summed E-state index contributed by atoms with van der Waals surface area (Å²) < 4.78 is 29.0. The minimum Gasteiger partial charge on any atom is -0.368 e. The molecule has 0 aliphatic rings. The van der Waals surface area contributed by atoms with Crippen molar-refractivity contribution in [2.75, 3.05) is 0 Å². The summed E-state index contributed by atoms with van der Waals surface area (Å²) in [4.78, 5) is 5.85. The standard InChI is InChI=1S/C21H27F2IN3PS/c1-5-14(4)26-19(13(2)3)27-20(18-17(24)10-11-29-18)25-12-15-8-6-7-9-16(15)21(22,23)28/h6-11,14,26H,5,12,28H2,1-4H3,(H,25,27). The van der Waals surface area contributed by atoms with Gasteiger partial charge in [0.15, 0.2) is 0 Å². The van der Waals surface area contributed by atoms with E-state index in [9.17, 15) is 8.78 Å². The third-order valence-electron chi connectivity index (χ3n) is 4.35. The van der Waals surface area contributed by atoms with Crippen molar-refractivity contribution in [3.63, 3.8) is 0 Å². The molecule has 2 unspecified atom stereocenters. The minimum absolute atomic E-state index is 0.00195. The first-order chi connectivity index (χ1) is 13.6. The quantitative estimate of drug-likeness (QED) is 0.172. The fourth-order valence-corrected chi connectivity index (χ4v) is 4.64. The molecule has 2 N–H and O–H groups in total. The summed E-state index contributed by atoms with van der Waals surface area (Å²) >= 11 is 3.85. The minimum atomic E-state index is -2.98. The van der Waals surface area contributed by atoms with Gasteiger partial charge in [0.05, 0.1) is 4.88 Å². The van der Waals surface area contributed by atoms with Crippen molar-refractivity contribution in [3.05, 3.63) is 66.7 Å². The molecule has 2 aromatic rings. The van der Waals surface area contributed by atoms with E-state index in [-0.39, 0.29) is 18.2 Å². The van der Waals surface area contributed by atoms with Crippen LogP contribution in [0.1, 0.15) is 50.1 Å². The molecule has 1 aromatic heterocycles. The van der Waals surface area contributed by atoms with Crippen LogP contribution in [-0.2, 0) is 12.2 Å². The van der Waals surface area contributed by atoms with Gasteiger partial charge in [-0.15, -0.1) is 11.3 Å². The highest BCUT2D eigenvalue weighted by atomic mass is 127. The van der Waals surface area contributed by atoms with Gasteiger partial charge in [-0.2, -0.15) is 8.78 Å². The fourth-order valence-electron chi connectivity index (χ4n) is 2.55. The molecule has 0 aliphatic carbocycles. The number of nitrogens with zero attached hydrogens (tertiary/aromatic N) is 1. The first-order valence-corrected chi connectivity index (χ1v) is 11.9. The Morgan fingerprint density at radius 1 is 1.28 bits per heavy atom. The van der Waals surface area contributed by atoms with Crippen molar-refractivity contribution in [1.82, 2.24) is 10.6 Å². The zero-order chi connectivity index (χ0) is 21.6. The molecular formula is C21H27F2IN3PS. The van der Waals surface area contributed by atoms with Crippen LogP contribution in [0.2, 0.25) is 0 Å². The average Bonchev–Trinajstić information content (AvgIpc) is 3.09. The zero-order valence-electron chi connectivity index (χ0n) is 17.0. The summed E-state index contributed by atoms with van der Waals surface area (Å²) in [7, 11) is 1.62. The number of benzene rings is 1. The van der Waals surface area contributed by atoms with Crippen LogP contribution in [0, 0.1) is 3.57 Å². The second kappa shape index (κ2) is 10.8. The van der Waals surface area contributed by atoms with Crippen LogP contribution < -0.4 is 10.6 Å². The SMILES string of the molecule is CCC(C)NC(/N=C(/NCc1ccccc1C(F)(F)P)c1sccc1I)=C(C)C. The summed E-state index contributed by atoms with van der Waals surface area (Å²) in [5.74, 6) is 1.48. The van der Waals surface area contributed by atoms with Gasteiger partial charge in [0.25, 0.3) is 5.66 Å². The van der Waals surface area contributed by atoms with Gasteiger partial charge in [-0.3, -0.25) is 0 Å². The number of hydrogen-bond donors (Lipinski definition) is 2. The summed E-state index contributed by atoms with van der Waals surface area (Å²) in [6.45, 7) is 8.50. The van der Waals surface area contributed by atoms with E-state index < -0.39 is 5.66 Å². The molecule has 0 saturated carbocycles. The topological polar surface area (TPSA) is 36.4 Å². The first-order valence-electron chi connectivity index (χ1n) is 9.38. The maximum atomic E-state index is 14.0. The van der Waals surface area contributed by atoms with Crippen molar-refractivity contribution in [1.29, 1.82) is 0 Å². The van der Waals surface area contributed by atoms with Crippen LogP contribution in [-0.4, -0.2) is 11.9 Å². The molecule has 0 aliphatic heterocycles. The molecule has 1 heterocycles. The number of nitrogens with one attached hydrogen (secondary N) is 2. The van der Waals surface area contributed by atoms with Crippen LogP contribution in [0.15, 0.2) is 52.1 Å². The van der Waals surface area contributed by atoms with Crippen LogP contribution in [0.3, 0.4) is 0 Å². The van der Waals surface area contributed by atoms with Gasteiger partial charge in [0.2, 0.25) is 0 Å². The van der Waals surface area contributed by atoms with Crippen LogP contribution in [0.25, 0.3) is 0 Å². The number of amidine groups is 1. The Labute approximate surface area is 191 Å². The van der Waals surface area contributed by atoms with Crippen LogP contribution in [0.5, 0.6) is 0 Å². The molecule has 1 aromatic carbocycles. The predicted molar refractivity (Wildman–Crippen MR) is 132 cm³/mol. The molecule has 158 valence electrons. The van der Waals surface area contributed by atoms with E-state index in [0.29, 0.717) is 11.4 Å². The van der Waals surface area contributed by atoms with Crippen molar-refractivity contribution in [3.8, 4) is 0 Å². The molecule has 0 bridgehead atoms. The van der Waals surface area contributed by atoms with Gasteiger partial charge in [0.1, 0.15) is 11.7 Å². The third kappa shape index (κ3) is 7.00. The van der Waals surface area contributed by atoms with E-state index >= 15 is 0 Å². The molecule has 0 amide bonds. The lowest BCUT2D eigenvalue weighted by molar-refractivity contribution is 0.103. The highest BCUT2D eigenvalue weighted by Crippen LogP contribution is 2.36. The van der Waals surface area contributed by atoms with Gasteiger partial charge in [-0.05, 0) is 72.4 Å². The zero-order valence-corrected chi connectivity index (χ0v) is 21.2. The Kier molecular flexibility index (Phi) is 9.04. The molecule has 8 heteroatoms. The summed E-state index contributed by atoms with van der Waals surface area (Å²) in [6.07, 6.45) is 0.974. The normalized spacial score (nSPS) is 13.2. The maximum Gasteiger partial charge on any atom is 0.284 e. The average molecular weight is 549 g/mol. The molecule has 0 spiro atoms. The lowest BCUT2D eigenvalue weighted by Gasteiger charge is -2.19. The Morgan fingerprint density at radius 2 is 1.97 bits per heavy atom. The van der Waals surface area contributed by atoms with Crippen LogP contribution >= 0.6 is 43.2 Å². The largest absolute Gasteiger partial charge is 0.368 e. The van der Waals surface area contributed by atoms with Crippen molar-refractivity contribution in [2.24, 2.45) is 4.99 Å². The van der Waals surface area contributed by atoms with Gasteiger partial charge < -0.3 is 10.6 Å². The Balaban J connectivity index is 2.39. The highest BCUT2D eigenvalue weighted by molar-refractivity contribution is 14.1. The lowest BCUT2D eigenvalue weighted by atomic mass is 10.1. The van der Waals surface area contributed by atoms with Gasteiger partial charge >= 0.3 is 0 Å². The number of aliphatic imine (C=N–C) groups is 1. The maximum absolute atomic E-state index is 14.0. The second-order valence-corrected chi connectivity index (χ2v) is 9.80. The summed E-state index contributed by atoms with van der Waals surface area (Å²) in [5.41, 5.74) is -1.37. The highest BCUT2D eigenvalue weighted by Gasteiger charge is 2.27. The van der Waals surface area contributed by atoms with E-state index in [4.69, 9.17) is 4.99 Å². The number of hydrogen-bond acceptors (Lipinski definition) is 3. The first kappa shape index (κ1) is 24.2. The van der Waals surface area contributed by atoms with Gasteiger partial charge in [-0.1, -0.05) is 40.4 Å². The Hall–Kier alpha value is -1.05. The number of halogens is 3. The van der Waals surface area contributed by atoms with E-state index in [1.807, 2.05) is 25.3 Å². The fraction of sp³-hybridized carbons (Fsp3) is 0.381. The molecule has 2 atom stereocenters. The smallest absolute Gasteiger partial charge is 0.284 e. The summed E-state index contributed by atoms with van der Waals surface area (Å²) in [6, 6.07) is 8.88. The molecule has 0 saturated heterocycles. The molecule has 0 radical (unpaired) electrons. The molecule has 3 nitrogen and oxygen atoms in total. The molecule has 0 fully saturated rings. The molecule has 29 heavy (non-hydrogen) atoms. The number of alkyl halides is 2. The van der Waals surface area contributed by atoms with Gasteiger partial charge in [0, 0.05) is 21.7 Å². The molecule has 2 rings (SSSR count). The Morgan fingerprint density at radius 3 is 2.52 bits per heavy atom. The van der Waals surface area contributed by atoms with E-state index in [2.05, 4.69) is 47.1 Å². The Bertz CT molecular complexity index is 886. The molecular weight excluding hydrogens is 522 g/mol. The van der Waals surface area contributed by atoms with Crippen LogP contribution in [0.4, 0.5) is 8.78 Å². The van der Waals surface area contributed by atoms with Crippen molar-refractivity contribution >= 4 is 49.0 Å². The van der Waals surface area contributed by atoms with E-state index in [1.165, 1.54) is 6.07 Å². The van der Waals surface area contributed by atoms with Gasteiger partial charge in [-0.25, -0.2) is 4.99 Å². The van der Waals surface area contributed by atoms with Crippen molar-refractivity contribution in [2.45, 2.75) is 52.4 Å². The summed E-state index contributed by atoms with van der Waals surface area (Å²) in [5, 5.41) is 8.75. The predicted octanol–water partition coefficient (Wildman–Crippen LogP) is 6.45. The van der Waals surface area contributed by atoms with Crippen molar-refractivity contribution < 1.29 is 8.78 Å². The monoisotopic (exact) mass is 549 g/mol. The lowest BCUT2D eigenvalue weighted by Crippen LogP contribution is -2.29. The van der Waals surface area contributed by atoms with E-state index in [1.54, 1.807) is 38.8 Å². The number of thiophene rings is 1.